The number of rotatable bonds is 61. The molecule has 0 amide bonds. The topological polar surface area (TPSA) is 78.9 Å². The normalized spacial score (nSPS) is 12.6. The van der Waals surface area contributed by atoms with Crippen molar-refractivity contribution in [2.45, 2.75) is 341 Å². The quantitative estimate of drug-likeness (QED) is 0.0261. The summed E-state index contributed by atoms with van der Waals surface area (Å²) in [6.07, 6.45) is 87.7. The Morgan fingerprint density at radius 1 is 0.269 bits per heavy atom. The third kappa shape index (κ3) is 63.4. The Morgan fingerprint density at radius 3 is 0.795 bits per heavy atom. The fourth-order valence-electron chi connectivity index (χ4n) is 9.62. The maximum absolute atomic E-state index is 12.9. The van der Waals surface area contributed by atoms with Gasteiger partial charge in [0.2, 0.25) is 0 Å². The highest BCUT2D eigenvalue weighted by molar-refractivity contribution is 5.71. The SMILES string of the molecule is CC/C=C\C/C=C\C/C=C\C/C=C\C/C=C\C/C=C\CCCCCCCCCCCCCCCCCCC(=O)OCC(COC(=O)CCCCCCCCCC)OC(=O)CCCCCCCCC/C=C\CCCCCCCC. The molecule has 0 N–H and O–H groups in total. The number of esters is 3. The third-order valence-corrected chi connectivity index (χ3v) is 14.6. The van der Waals surface area contributed by atoms with Crippen molar-refractivity contribution < 1.29 is 28.6 Å². The van der Waals surface area contributed by atoms with Crippen LogP contribution in [0.25, 0.3) is 0 Å². The molecule has 0 bridgehead atoms. The van der Waals surface area contributed by atoms with Gasteiger partial charge in [0.05, 0.1) is 0 Å². The lowest BCUT2D eigenvalue weighted by Crippen LogP contribution is -2.30. The van der Waals surface area contributed by atoms with E-state index in [2.05, 4.69) is 106 Å². The average Bonchev–Trinajstić information content (AvgIpc) is 3.44. The van der Waals surface area contributed by atoms with E-state index in [1.54, 1.807) is 0 Å². The van der Waals surface area contributed by atoms with Crippen LogP contribution >= 0.6 is 0 Å². The molecular weight excluding hydrogens is 961 g/mol. The Balaban J connectivity index is 4.04. The largest absolute Gasteiger partial charge is 0.462 e. The minimum atomic E-state index is -0.774. The first-order valence-electron chi connectivity index (χ1n) is 33.6. The molecule has 0 spiro atoms. The van der Waals surface area contributed by atoms with Crippen molar-refractivity contribution in [1.29, 1.82) is 0 Å². The van der Waals surface area contributed by atoms with E-state index in [0.717, 1.165) is 96.3 Å². The monoisotopic (exact) mass is 1090 g/mol. The van der Waals surface area contributed by atoms with E-state index in [1.165, 1.54) is 199 Å². The Kier molecular flexibility index (Phi) is 63.2. The lowest BCUT2D eigenvalue weighted by molar-refractivity contribution is -0.167. The minimum absolute atomic E-state index is 0.0730. The molecular formula is C72H126O6. The summed E-state index contributed by atoms with van der Waals surface area (Å²) >= 11 is 0. The zero-order chi connectivity index (χ0) is 56.4. The van der Waals surface area contributed by atoms with Crippen molar-refractivity contribution in [2.24, 2.45) is 0 Å². The van der Waals surface area contributed by atoms with Gasteiger partial charge in [0, 0.05) is 19.3 Å². The van der Waals surface area contributed by atoms with Gasteiger partial charge in [-0.15, -0.1) is 0 Å². The molecule has 0 aromatic rings. The minimum Gasteiger partial charge on any atom is -0.462 e. The van der Waals surface area contributed by atoms with E-state index in [1.807, 2.05) is 0 Å². The van der Waals surface area contributed by atoms with Gasteiger partial charge in [0.1, 0.15) is 13.2 Å². The summed E-state index contributed by atoms with van der Waals surface area (Å²) in [7, 11) is 0. The van der Waals surface area contributed by atoms with Crippen LogP contribution in [0.1, 0.15) is 335 Å². The van der Waals surface area contributed by atoms with Crippen molar-refractivity contribution in [2.75, 3.05) is 13.2 Å². The molecule has 0 aromatic carbocycles. The zero-order valence-corrected chi connectivity index (χ0v) is 51.7. The molecule has 6 heteroatoms. The van der Waals surface area contributed by atoms with E-state index in [0.29, 0.717) is 19.3 Å². The van der Waals surface area contributed by atoms with Crippen LogP contribution in [0.2, 0.25) is 0 Å². The summed E-state index contributed by atoms with van der Waals surface area (Å²) < 4.78 is 16.9. The molecule has 1 atom stereocenters. The predicted molar refractivity (Wildman–Crippen MR) is 339 cm³/mol. The van der Waals surface area contributed by atoms with Gasteiger partial charge in [-0.05, 0) is 96.3 Å². The second kappa shape index (κ2) is 66.1. The molecule has 450 valence electrons. The Morgan fingerprint density at radius 2 is 0.500 bits per heavy atom. The van der Waals surface area contributed by atoms with Crippen LogP contribution in [0.15, 0.2) is 85.1 Å². The van der Waals surface area contributed by atoms with Crippen LogP contribution in [-0.4, -0.2) is 37.2 Å². The summed E-state index contributed by atoms with van der Waals surface area (Å²) in [6, 6.07) is 0. The van der Waals surface area contributed by atoms with Crippen LogP contribution < -0.4 is 0 Å². The molecule has 0 radical (unpaired) electrons. The first-order valence-corrected chi connectivity index (χ1v) is 33.6. The Hall–Kier alpha value is -3.41. The number of unbranched alkanes of at least 4 members (excludes halogenated alkanes) is 36. The summed E-state index contributed by atoms with van der Waals surface area (Å²) in [6.45, 7) is 6.52. The molecule has 0 saturated carbocycles. The molecule has 0 aliphatic heterocycles. The van der Waals surface area contributed by atoms with Crippen molar-refractivity contribution in [3.8, 4) is 0 Å². The fraction of sp³-hybridized carbons (Fsp3) is 0.764. The third-order valence-electron chi connectivity index (χ3n) is 14.6. The van der Waals surface area contributed by atoms with Crippen LogP contribution in [0.3, 0.4) is 0 Å². The fourth-order valence-corrected chi connectivity index (χ4v) is 9.62. The van der Waals surface area contributed by atoms with Crippen molar-refractivity contribution >= 4 is 17.9 Å². The smallest absolute Gasteiger partial charge is 0.306 e. The van der Waals surface area contributed by atoms with E-state index >= 15 is 0 Å². The molecule has 78 heavy (non-hydrogen) atoms. The first kappa shape index (κ1) is 74.6. The zero-order valence-electron chi connectivity index (χ0n) is 51.7. The van der Waals surface area contributed by atoms with Crippen LogP contribution in [0.4, 0.5) is 0 Å². The molecule has 0 heterocycles. The van der Waals surface area contributed by atoms with Gasteiger partial charge in [-0.2, -0.15) is 0 Å². The second-order valence-electron chi connectivity index (χ2n) is 22.4. The highest BCUT2D eigenvalue weighted by Crippen LogP contribution is 2.17. The van der Waals surface area contributed by atoms with Gasteiger partial charge in [-0.3, -0.25) is 14.4 Å². The van der Waals surface area contributed by atoms with Crippen molar-refractivity contribution in [3.05, 3.63) is 85.1 Å². The first-order chi connectivity index (χ1) is 38.5. The molecule has 1 unspecified atom stereocenters. The predicted octanol–water partition coefficient (Wildman–Crippen LogP) is 23.1. The molecule has 0 saturated heterocycles. The summed E-state index contributed by atoms with van der Waals surface area (Å²) in [4.78, 5) is 38.1. The molecule has 0 fully saturated rings. The Labute approximate surface area is 484 Å². The molecule has 6 nitrogen and oxygen atoms in total. The van der Waals surface area contributed by atoms with Gasteiger partial charge >= 0.3 is 17.9 Å². The molecule has 0 aliphatic rings. The molecule has 0 aliphatic carbocycles. The number of carbonyl (C=O) groups is 3. The highest BCUT2D eigenvalue weighted by Gasteiger charge is 2.19. The average molecular weight is 1090 g/mol. The summed E-state index contributed by atoms with van der Waals surface area (Å²) in [5.41, 5.74) is 0. The number of hydrogen-bond donors (Lipinski definition) is 0. The summed E-state index contributed by atoms with van der Waals surface area (Å²) in [5, 5.41) is 0. The second-order valence-corrected chi connectivity index (χ2v) is 22.4. The molecule has 0 rings (SSSR count). The van der Waals surface area contributed by atoms with Gasteiger partial charge < -0.3 is 14.2 Å². The lowest BCUT2D eigenvalue weighted by atomic mass is 10.0. The lowest BCUT2D eigenvalue weighted by Gasteiger charge is -2.18. The van der Waals surface area contributed by atoms with Crippen molar-refractivity contribution in [3.63, 3.8) is 0 Å². The van der Waals surface area contributed by atoms with Gasteiger partial charge in [-0.1, -0.05) is 305 Å². The van der Waals surface area contributed by atoms with E-state index in [-0.39, 0.29) is 31.1 Å². The standard InChI is InChI=1S/C72H126O6/c1-4-7-10-13-16-19-21-23-25-27-28-29-30-31-32-33-34-35-36-37-38-39-40-41-42-43-44-46-47-49-51-53-56-59-62-65-71(74)77-68-69(67-76-70(73)64-61-58-55-18-15-12-9-6-3)78-72(75)66-63-60-57-54-52-50-48-45-26-24-22-20-17-14-11-8-5-2/h7,10,16,19,23-26,28-29,31-32,34-35,69H,4-6,8-9,11-15,17-18,20-22,27,30,33,36-68H2,1-3H3/b10-7-,19-16-,25-23-,26-24-,29-28-,32-31-,35-34-. The van der Waals surface area contributed by atoms with Crippen LogP contribution in [-0.2, 0) is 28.6 Å². The number of allylic oxidation sites excluding steroid dienone is 14. The van der Waals surface area contributed by atoms with E-state index in [4.69, 9.17) is 14.2 Å². The maximum atomic E-state index is 12.9. The maximum Gasteiger partial charge on any atom is 0.306 e. The summed E-state index contributed by atoms with van der Waals surface area (Å²) in [5.74, 6) is -0.867. The highest BCUT2D eigenvalue weighted by atomic mass is 16.6. The van der Waals surface area contributed by atoms with Crippen LogP contribution in [0.5, 0.6) is 0 Å². The molecule has 0 aromatic heterocycles. The number of hydrogen-bond acceptors (Lipinski definition) is 6. The van der Waals surface area contributed by atoms with E-state index in [9.17, 15) is 14.4 Å². The van der Waals surface area contributed by atoms with Gasteiger partial charge in [-0.25, -0.2) is 0 Å². The Bertz CT molecular complexity index is 1480. The van der Waals surface area contributed by atoms with Gasteiger partial charge in [0.15, 0.2) is 6.10 Å². The number of carbonyl (C=O) groups excluding carboxylic acids is 3. The van der Waals surface area contributed by atoms with Gasteiger partial charge in [0.25, 0.3) is 0 Å². The van der Waals surface area contributed by atoms with E-state index < -0.39 is 6.10 Å². The number of ether oxygens (including phenoxy) is 3. The van der Waals surface area contributed by atoms with Crippen molar-refractivity contribution in [1.82, 2.24) is 0 Å². The van der Waals surface area contributed by atoms with Crippen LogP contribution in [0, 0.1) is 0 Å².